The van der Waals surface area contributed by atoms with Gasteiger partial charge in [-0.15, -0.1) is 0 Å². The number of carbonyl (C=O) groups excluding carboxylic acids is 2. The highest BCUT2D eigenvalue weighted by Gasteiger charge is 2.24. The molecule has 0 unspecified atom stereocenters. The first-order chi connectivity index (χ1) is 9.10. The predicted octanol–water partition coefficient (Wildman–Crippen LogP) is 2.16. The first-order valence-electron chi connectivity index (χ1n) is 6.43. The van der Waals surface area contributed by atoms with Crippen LogP contribution in [-0.2, 0) is 9.53 Å². The maximum absolute atomic E-state index is 11.9. The third-order valence-electron chi connectivity index (χ3n) is 2.52. The molecule has 1 atom stereocenters. The van der Waals surface area contributed by atoms with Crippen molar-refractivity contribution in [1.82, 2.24) is 5.32 Å². The van der Waals surface area contributed by atoms with E-state index in [0.29, 0.717) is 0 Å². The number of benzene rings is 1. The van der Waals surface area contributed by atoms with Crippen molar-refractivity contribution >= 4 is 11.9 Å². The van der Waals surface area contributed by atoms with Gasteiger partial charge < -0.3 is 15.2 Å². The van der Waals surface area contributed by atoms with Crippen molar-refractivity contribution in [2.45, 2.75) is 46.3 Å². The minimum absolute atomic E-state index is 0.0559. The molecule has 0 bridgehead atoms. The van der Waals surface area contributed by atoms with E-state index >= 15 is 0 Å². The van der Waals surface area contributed by atoms with Gasteiger partial charge in [0.2, 0.25) is 0 Å². The molecule has 0 heterocycles. The maximum atomic E-state index is 11.9. The Morgan fingerprint density at radius 1 is 1.30 bits per heavy atom. The summed E-state index contributed by atoms with van der Waals surface area (Å²) in [7, 11) is 0. The molecule has 0 saturated heterocycles. The third-order valence-corrected chi connectivity index (χ3v) is 2.52. The van der Waals surface area contributed by atoms with Gasteiger partial charge in [-0.25, -0.2) is 4.79 Å². The molecule has 0 aliphatic rings. The second-order valence-electron chi connectivity index (χ2n) is 5.81. The number of aromatic hydroxyl groups is 1. The standard InChI is InChI=1S/C15H21NO4/c1-9-6-7-12(17)11(8-9)14(19)20-10(2)13(18)16-15(3,4)5/h6-8,10,17H,1-5H3,(H,16,18)/t10-/m1/s1. The largest absolute Gasteiger partial charge is 0.507 e. The van der Waals surface area contributed by atoms with Gasteiger partial charge in [0.25, 0.3) is 5.91 Å². The minimum atomic E-state index is -0.929. The van der Waals surface area contributed by atoms with Crippen LogP contribution >= 0.6 is 0 Å². The quantitative estimate of drug-likeness (QED) is 0.831. The van der Waals surface area contributed by atoms with E-state index in [0.717, 1.165) is 5.56 Å². The van der Waals surface area contributed by atoms with E-state index in [1.54, 1.807) is 13.0 Å². The summed E-state index contributed by atoms with van der Waals surface area (Å²) in [6.45, 7) is 8.81. The lowest BCUT2D eigenvalue weighted by molar-refractivity contribution is -0.130. The molecule has 1 aromatic rings. The van der Waals surface area contributed by atoms with Gasteiger partial charge in [-0.2, -0.15) is 0 Å². The van der Waals surface area contributed by atoms with Crippen LogP contribution in [0.3, 0.4) is 0 Å². The smallest absolute Gasteiger partial charge is 0.342 e. The van der Waals surface area contributed by atoms with Crippen molar-refractivity contribution in [2.75, 3.05) is 0 Å². The molecule has 0 fully saturated rings. The number of carbonyl (C=O) groups is 2. The summed E-state index contributed by atoms with van der Waals surface area (Å²) in [6.07, 6.45) is -0.929. The van der Waals surface area contributed by atoms with Crippen LogP contribution in [-0.4, -0.2) is 28.6 Å². The molecular weight excluding hydrogens is 258 g/mol. The van der Waals surface area contributed by atoms with Crippen molar-refractivity contribution < 1.29 is 19.4 Å². The van der Waals surface area contributed by atoms with E-state index < -0.39 is 17.6 Å². The summed E-state index contributed by atoms with van der Waals surface area (Å²) >= 11 is 0. The molecule has 1 rings (SSSR count). The van der Waals surface area contributed by atoms with Gasteiger partial charge in [-0.1, -0.05) is 11.6 Å². The molecule has 0 saturated carbocycles. The van der Waals surface area contributed by atoms with Crippen LogP contribution in [0.4, 0.5) is 0 Å². The van der Waals surface area contributed by atoms with E-state index in [9.17, 15) is 14.7 Å². The Morgan fingerprint density at radius 2 is 1.90 bits per heavy atom. The van der Waals surface area contributed by atoms with E-state index in [-0.39, 0.29) is 17.2 Å². The molecule has 1 amide bonds. The van der Waals surface area contributed by atoms with Crippen molar-refractivity contribution in [3.8, 4) is 5.75 Å². The molecule has 0 aliphatic heterocycles. The lowest BCUT2D eigenvalue weighted by atomic mass is 10.1. The Hall–Kier alpha value is -2.04. The molecule has 2 N–H and O–H groups in total. The van der Waals surface area contributed by atoms with Gasteiger partial charge in [0.15, 0.2) is 6.10 Å². The Balaban J connectivity index is 2.75. The van der Waals surface area contributed by atoms with E-state index in [1.807, 2.05) is 20.8 Å². The summed E-state index contributed by atoms with van der Waals surface area (Å²) in [5.74, 6) is -1.26. The van der Waals surface area contributed by atoms with Crippen LogP contribution < -0.4 is 5.32 Å². The first kappa shape index (κ1) is 16.0. The highest BCUT2D eigenvalue weighted by atomic mass is 16.5. The van der Waals surface area contributed by atoms with Crippen LogP contribution in [0.15, 0.2) is 18.2 Å². The van der Waals surface area contributed by atoms with Crippen LogP contribution in [0.25, 0.3) is 0 Å². The number of rotatable bonds is 3. The molecule has 110 valence electrons. The first-order valence-corrected chi connectivity index (χ1v) is 6.43. The van der Waals surface area contributed by atoms with Crippen LogP contribution in [0.5, 0.6) is 5.75 Å². The van der Waals surface area contributed by atoms with Crippen LogP contribution in [0.1, 0.15) is 43.6 Å². The van der Waals surface area contributed by atoms with Gasteiger partial charge in [0.1, 0.15) is 11.3 Å². The number of aryl methyl sites for hydroxylation is 1. The maximum Gasteiger partial charge on any atom is 0.342 e. The summed E-state index contributed by atoms with van der Waals surface area (Å²) in [5.41, 5.74) is 0.477. The average Bonchev–Trinajstić information content (AvgIpc) is 2.29. The van der Waals surface area contributed by atoms with Gasteiger partial charge in [0, 0.05) is 5.54 Å². The van der Waals surface area contributed by atoms with Crippen molar-refractivity contribution in [3.63, 3.8) is 0 Å². The highest BCUT2D eigenvalue weighted by molar-refractivity contribution is 5.94. The highest BCUT2D eigenvalue weighted by Crippen LogP contribution is 2.19. The zero-order chi connectivity index (χ0) is 15.5. The zero-order valence-electron chi connectivity index (χ0n) is 12.5. The number of phenolic OH excluding ortho intramolecular Hbond substituents is 1. The van der Waals surface area contributed by atoms with Gasteiger partial charge in [-0.05, 0) is 46.8 Å². The van der Waals surface area contributed by atoms with E-state index in [2.05, 4.69) is 5.32 Å². The Kier molecular flexibility index (Phi) is 4.76. The summed E-state index contributed by atoms with van der Waals surface area (Å²) in [6, 6.07) is 4.62. The normalized spacial score (nSPS) is 12.7. The third kappa shape index (κ3) is 4.57. The topological polar surface area (TPSA) is 75.6 Å². The second kappa shape index (κ2) is 5.94. The molecule has 0 spiro atoms. The molecule has 5 nitrogen and oxygen atoms in total. The number of nitrogens with one attached hydrogen (secondary N) is 1. The van der Waals surface area contributed by atoms with Crippen LogP contribution in [0, 0.1) is 6.92 Å². The van der Waals surface area contributed by atoms with E-state index in [4.69, 9.17) is 4.74 Å². The lowest BCUT2D eigenvalue weighted by Gasteiger charge is -2.23. The molecular formula is C15H21NO4. The molecule has 0 radical (unpaired) electrons. The zero-order valence-corrected chi connectivity index (χ0v) is 12.5. The fourth-order valence-electron chi connectivity index (χ4n) is 1.56. The second-order valence-corrected chi connectivity index (χ2v) is 5.81. The van der Waals surface area contributed by atoms with Crippen molar-refractivity contribution in [1.29, 1.82) is 0 Å². The Labute approximate surface area is 118 Å². The molecule has 1 aromatic carbocycles. The molecule has 0 aromatic heterocycles. The number of amides is 1. The summed E-state index contributed by atoms with van der Waals surface area (Å²) < 4.78 is 5.07. The Morgan fingerprint density at radius 3 is 2.45 bits per heavy atom. The van der Waals surface area contributed by atoms with Gasteiger partial charge >= 0.3 is 5.97 Å². The summed E-state index contributed by atoms with van der Waals surface area (Å²) in [4.78, 5) is 23.8. The van der Waals surface area contributed by atoms with Crippen LogP contribution in [0.2, 0.25) is 0 Å². The SMILES string of the molecule is Cc1ccc(O)c(C(=O)O[C@H](C)C(=O)NC(C)(C)C)c1. The number of hydrogen-bond acceptors (Lipinski definition) is 4. The fourth-order valence-corrected chi connectivity index (χ4v) is 1.56. The predicted molar refractivity (Wildman–Crippen MR) is 75.6 cm³/mol. The number of ether oxygens (including phenoxy) is 1. The Bertz CT molecular complexity index is 517. The van der Waals surface area contributed by atoms with Crippen molar-refractivity contribution in [3.05, 3.63) is 29.3 Å². The van der Waals surface area contributed by atoms with Crippen molar-refractivity contribution in [2.24, 2.45) is 0 Å². The van der Waals surface area contributed by atoms with Gasteiger partial charge in [-0.3, -0.25) is 4.79 Å². The lowest BCUT2D eigenvalue weighted by Crippen LogP contribution is -2.46. The van der Waals surface area contributed by atoms with E-state index in [1.165, 1.54) is 19.1 Å². The monoisotopic (exact) mass is 279 g/mol. The molecule has 5 heteroatoms. The summed E-state index contributed by atoms with van der Waals surface area (Å²) in [5, 5.41) is 12.4. The molecule has 0 aliphatic carbocycles. The number of esters is 1. The number of hydrogen-bond donors (Lipinski definition) is 2. The van der Waals surface area contributed by atoms with Gasteiger partial charge in [0.05, 0.1) is 0 Å². The fraction of sp³-hybridized carbons (Fsp3) is 0.467. The molecule has 20 heavy (non-hydrogen) atoms. The average molecular weight is 279 g/mol. The number of phenols is 1. The minimum Gasteiger partial charge on any atom is -0.507 e.